The molecule has 0 bridgehead atoms. The summed E-state index contributed by atoms with van der Waals surface area (Å²) < 4.78 is 29.1. The molecule has 0 saturated heterocycles. The number of halogens is 4. The summed E-state index contributed by atoms with van der Waals surface area (Å²) in [6.07, 6.45) is 0. The highest BCUT2D eigenvalue weighted by molar-refractivity contribution is 9.10. The Morgan fingerprint density at radius 3 is 2.43 bits per heavy atom. The molecule has 0 heterocycles. The lowest BCUT2D eigenvalue weighted by Gasteiger charge is -2.22. The van der Waals surface area contributed by atoms with Gasteiger partial charge in [-0.05, 0) is 64.8 Å². The van der Waals surface area contributed by atoms with Crippen LogP contribution in [0.2, 0.25) is 0 Å². The number of hydrogen-bond donors (Lipinski definition) is 1. The summed E-state index contributed by atoms with van der Waals surface area (Å²) in [4.78, 5) is 0. The van der Waals surface area contributed by atoms with Crippen LogP contribution in [0.1, 0.15) is 29.7 Å². The van der Waals surface area contributed by atoms with Gasteiger partial charge in [-0.15, -0.1) is 0 Å². The molecule has 0 aromatic heterocycles. The van der Waals surface area contributed by atoms with Crippen LogP contribution in [-0.4, -0.2) is 6.54 Å². The zero-order valence-corrected chi connectivity index (χ0v) is 14.9. The molecule has 0 spiro atoms. The first-order valence-corrected chi connectivity index (χ1v) is 8.16. The molecule has 0 saturated carbocycles. The van der Waals surface area contributed by atoms with Gasteiger partial charge in [0.15, 0.2) is 0 Å². The van der Waals surface area contributed by atoms with E-state index in [1.165, 1.54) is 12.1 Å². The first kappa shape index (κ1) is 16.6. The average molecular weight is 419 g/mol. The Bertz CT molecular complexity index is 659. The quantitative estimate of drug-likeness (QED) is 0.646. The molecule has 1 N–H and O–H groups in total. The first-order chi connectivity index (χ1) is 9.93. The number of benzene rings is 2. The molecule has 5 heteroatoms. The first-order valence-electron chi connectivity index (χ1n) is 6.58. The Hall–Kier alpha value is -0.780. The molecule has 0 aliphatic carbocycles. The third kappa shape index (κ3) is 3.71. The molecular formula is C16H15Br2F2N. The molecule has 0 aliphatic heterocycles. The van der Waals surface area contributed by atoms with E-state index < -0.39 is 17.7 Å². The van der Waals surface area contributed by atoms with Crippen molar-refractivity contribution in [3.05, 3.63) is 67.6 Å². The summed E-state index contributed by atoms with van der Waals surface area (Å²) in [5, 5.41) is 3.23. The molecule has 1 atom stereocenters. The summed E-state index contributed by atoms with van der Waals surface area (Å²) >= 11 is 6.44. The van der Waals surface area contributed by atoms with Crippen molar-refractivity contribution in [2.24, 2.45) is 0 Å². The van der Waals surface area contributed by atoms with E-state index in [-0.39, 0.29) is 4.47 Å². The molecule has 21 heavy (non-hydrogen) atoms. The molecule has 2 aromatic rings. The fraction of sp³-hybridized carbons (Fsp3) is 0.250. The Balaban J connectivity index is 2.58. The summed E-state index contributed by atoms with van der Waals surface area (Å²) in [6, 6.07) is 7.84. The zero-order valence-electron chi connectivity index (χ0n) is 11.7. The zero-order chi connectivity index (χ0) is 15.6. The molecular weight excluding hydrogens is 404 g/mol. The van der Waals surface area contributed by atoms with E-state index in [0.29, 0.717) is 12.1 Å². The van der Waals surface area contributed by atoms with Crippen molar-refractivity contribution in [2.75, 3.05) is 6.54 Å². The minimum Gasteiger partial charge on any atom is -0.306 e. The van der Waals surface area contributed by atoms with Gasteiger partial charge in [-0.25, -0.2) is 8.78 Å². The Morgan fingerprint density at radius 1 is 1.05 bits per heavy atom. The lowest BCUT2D eigenvalue weighted by Crippen LogP contribution is -2.24. The maximum atomic E-state index is 14.3. The molecule has 2 aromatic carbocycles. The van der Waals surface area contributed by atoms with Gasteiger partial charge < -0.3 is 5.32 Å². The standard InChI is InChI=1S/C16H15Br2F2N/c1-3-21-16(11-6-10(17)5-4-9(11)2)12-7-15(20)13(18)8-14(12)19/h4-8,16,21H,3H2,1-2H3. The Morgan fingerprint density at radius 2 is 1.76 bits per heavy atom. The fourth-order valence-electron chi connectivity index (χ4n) is 2.27. The number of nitrogens with one attached hydrogen (secondary N) is 1. The fourth-order valence-corrected chi connectivity index (χ4v) is 2.97. The van der Waals surface area contributed by atoms with Crippen LogP contribution in [0.15, 0.2) is 39.3 Å². The summed E-state index contributed by atoms with van der Waals surface area (Å²) in [5.74, 6) is -0.907. The SMILES string of the molecule is CCNC(c1cc(Br)ccc1C)c1cc(F)c(Br)cc1F. The van der Waals surface area contributed by atoms with Crippen molar-refractivity contribution in [3.63, 3.8) is 0 Å². The van der Waals surface area contributed by atoms with Crippen molar-refractivity contribution in [2.45, 2.75) is 19.9 Å². The third-order valence-electron chi connectivity index (χ3n) is 3.31. The van der Waals surface area contributed by atoms with Crippen molar-refractivity contribution in [1.29, 1.82) is 0 Å². The van der Waals surface area contributed by atoms with E-state index >= 15 is 0 Å². The van der Waals surface area contributed by atoms with E-state index in [4.69, 9.17) is 0 Å². The van der Waals surface area contributed by atoms with E-state index in [1.54, 1.807) is 0 Å². The minimum atomic E-state index is -0.470. The monoisotopic (exact) mass is 417 g/mol. The van der Waals surface area contributed by atoms with Gasteiger partial charge in [-0.3, -0.25) is 0 Å². The van der Waals surface area contributed by atoms with Crippen molar-refractivity contribution in [3.8, 4) is 0 Å². The van der Waals surface area contributed by atoms with Crippen LogP contribution in [0, 0.1) is 18.6 Å². The highest BCUT2D eigenvalue weighted by Crippen LogP contribution is 2.31. The van der Waals surface area contributed by atoms with Crippen LogP contribution in [-0.2, 0) is 0 Å². The molecule has 0 aliphatic rings. The van der Waals surface area contributed by atoms with Crippen molar-refractivity contribution in [1.82, 2.24) is 5.32 Å². The van der Waals surface area contributed by atoms with E-state index in [2.05, 4.69) is 37.2 Å². The van der Waals surface area contributed by atoms with E-state index in [1.807, 2.05) is 32.0 Å². The second kappa shape index (κ2) is 6.99. The molecule has 112 valence electrons. The Labute approximate surface area is 140 Å². The molecule has 0 radical (unpaired) electrons. The van der Waals surface area contributed by atoms with Crippen LogP contribution >= 0.6 is 31.9 Å². The number of rotatable bonds is 4. The summed E-state index contributed by atoms with van der Waals surface area (Å²) in [7, 11) is 0. The van der Waals surface area contributed by atoms with Gasteiger partial charge in [0.1, 0.15) is 11.6 Å². The second-order valence-electron chi connectivity index (χ2n) is 4.78. The van der Waals surface area contributed by atoms with Crippen molar-refractivity contribution < 1.29 is 8.78 Å². The average Bonchev–Trinajstić information content (AvgIpc) is 2.43. The molecule has 2 rings (SSSR count). The van der Waals surface area contributed by atoms with Gasteiger partial charge in [0.2, 0.25) is 0 Å². The molecule has 0 fully saturated rings. The maximum absolute atomic E-state index is 14.3. The molecule has 1 nitrogen and oxygen atoms in total. The topological polar surface area (TPSA) is 12.0 Å². The lowest BCUT2D eigenvalue weighted by atomic mass is 9.94. The number of aryl methyl sites for hydroxylation is 1. The second-order valence-corrected chi connectivity index (χ2v) is 6.55. The van der Waals surface area contributed by atoms with Crippen LogP contribution in [0.25, 0.3) is 0 Å². The van der Waals surface area contributed by atoms with E-state index in [9.17, 15) is 8.78 Å². The smallest absolute Gasteiger partial charge is 0.137 e. The number of hydrogen-bond acceptors (Lipinski definition) is 1. The molecule has 1 unspecified atom stereocenters. The van der Waals surface area contributed by atoms with Crippen LogP contribution < -0.4 is 5.32 Å². The third-order valence-corrected chi connectivity index (χ3v) is 4.41. The van der Waals surface area contributed by atoms with Crippen LogP contribution in [0.5, 0.6) is 0 Å². The predicted molar refractivity (Wildman–Crippen MR) is 88.5 cm³/mol. The largest absolute Gasteiger partial charge is 0.306 e. The van der Waals surface area contributed by atoms with Gasteiger partial charge >= 0.3 is 0 Å². The molecule has 0 amide bonds. The maximum Gasteiger partial charge on any atom is 0.137 e. The van der Waals surface area contributed by atoms with Crippen molar-refractivity contribution >= 4 is 31.9 Å². The van der Waals surface area contributed by atoms with Crippen LogP contribution in [0.3, 0.4) is 0 Å². The highest BCUT2D eigenvalue weighted by Gasteiger charge is 2.21. The van der Waals surface area contributed by atoms with Gasteiger partial charge in [0.25, 0.3) is 0 Å². The lowest BCUT2D eigenvalue weighted by molar-refractivity contribution is 0.541. The normalized spacial score (nSPS) is 12.5. The Kier molecular flexibility index (Phi) is 5.52. The van der Waals surface area contributed by atoms with Gasteiger partial charge in [-0.1, -0.05) is 28.9 Å². The summed E-state index contributed by atoms with van der Waals surface area (Å²) in [5.41, 5.74) is 2.25. The van der Waals surface area contributed by atoms with Gasteiger partial charge in [0, 0.05) is 10.0 Å². The minimum absolute atomic E-state index is 0.130. The van der Waals surface area contributed by atoms with Crippen LogP contribution in [0.4, 0.5) is 8.78 Å². The van der Waals surface area contributed by atoms with Gasteiger partial charge in [-0.2, -0.15) is 0 Å². The predicted octanol–water partition coefficient (Wildman–Crippen LogP) is 5.50. The van der Waals surface area contributed by atoms with E-state index in [0.717, 1.165) is 15.6 Å². The summed E-state index contributed by atoms with van der Waals surface area (Å²) in [6.45, 7) is 4.54. The van der Waals surface area contributed by atoms with Gasteiger partial charge in [0.05, 0.1) is 10.5 Å². The highest BCUT2D eigenvalue weighted by atomic mass is 79.9.